The van der Waals surface area contributed by atoms with Crippen LogP contribution in [0.4, 0.5) is 14.5 Å². The summed E-state index contributed by atoms with van der Waals surface area (Å²) in [5.74, 6) is -2.96. The minimum Gasteiger partial charge on any atom is -0.494 e. The summed E-state index contributed by atoms with van der Waals surface area (Å²) in [6.45, 7) is 2.00. The monoisotopic (exact) mass is 407 g/mol. The van der Waals surface area contributed by atoms with Gasteiger partial charge in [-0.3, -0.25) is 4.79 Å². The number of benzene rings is 2. The molecule has 0 unspecified atom stereocenters. The predicted molar refractivity (Wildman–Crippen MR) is 105 cm³/mol. The maximum atomic E-state index is 12.3. The highest BCUT2D eigenvalue weighted by Crippen LogP contribution is 2.26. The third-order valence-corrected chi connectivity index (χ3v) is 4.03. The van der Waals surface area contributed by atoms with E-state index in [1.807, 2.05) is 6.92 Å². The number of carbonyl (C=O) groups is 2. The molecule has 0 heterocycles. The Morgan fingerprint density at radius 2 is 1.79 bits per heavy atom. The lowest BCUT2D eigenvalue weighted by atomic mass is 10.2. The Morgan fingerprint density at radius 1 is 1.11 bits per heavy atom. The lowest BCUT2D eigenvalue weighted by Gasteiger charge is -2.06. The summed E-state index contributed by atoms with van der Waals surface area (Å²) in [6, 6.07) is 13.1. The molecule has 2 aromatic carbocycles. The lowest BCUT2D eigenvalue weighted by molar-refractivity contribution is -0.142. The van der Waals surface area contributed by atoms with E-state index in [0.29, 0.717) is 29.0 Å². The van der Waals surface area contributed by atoms with Gasteiger partial charge in [0.2, 0.25) is 0 Å². The topological polar surface area (TPSA) is 64.6 Å². The zero-order valence-electron chi connectivity index (χ0n) is 15.1. The van der Waals surface area contributed by atoms with E-state index in [-0.39, 0.29) is 0 Å². The second kappa shape index (κ2) is 11.1. The quantitative estimate of drug-likeness (QED) is 0.374. The van der Waals surface area contributed by atoms with E-state index in [2.05, 4.69) is 5.32 Å². The normalized spacial score (nSPS) is 10.9. The van der Waals surface area contributed by atoms with E-state index >= 15 is 0 Å². The van der Waals surface area contributed by atoms with Gasteiger partial charge in [0.15, 0.2) is 6.61 Å². The van der Waals surface area contributed by atoms with E-state index < -0.39 is 24.2 Å². The zero-order valence-corrected chi connectivity index (χ0v) is 15.9. The van der Waals surface area contributed by atoms with Gasteiger partial charge >= 0.3 is 5.97 Å². The summed E-state index contributed by atoms with van der Waals surface area (Å²) >= 11 is 0.417. The highest BCUT2D eigenvalue weighted by molar-refractivity contribution is 7.99. The molecule has 0 aliphatic rings. The van der Waals surface area contributed by atoms with Crippen molar-refractivity contribution in [2.75, 3.05) is 18.5 Å². The maximum absolute atomic E-state index is 12.3. The zero-order chi connectivity index (χ0) is 20.4. The van der Waals surface area contributed by atoms with Crippen molar-refractivity contribution in [1.29, 1.82) is 0 Å². The van der Waals surface area contributed by atoms with Gasteiger partial charge in [-0.05, 0) is 55.0 Å². The molecule has 28 heavy (non-hydrogen) atoms. The maximum Gasteiger partial charge on any atom is 0.331 e. The number of esters is 1. The van der Waals surface area contributed by atoms with Crippen LogP contribution in [0.25, 0.3) is 6.08 Å². The molecular formula is C20H19F2NO4S. The molecule has 0 aliphatic carbocycles. The highest BCUT2D eigenvalue weighted by atomic mass is 32.2. The molecule has 1 amide bonds. The number of alkyl halides is 2. The second-order valence-electron chi connectivity index (χ2n) is 5.39. The van der Waals surface area contributed by atoms with Crippen LogP contribution in [-0.4, -0.2) is 30.8 Å². The summed E-state index contributed by atoms with van der Waals surface area (Å²) in [6.07, 6.45) is 2.79. The summed E-state index contributed by atoms with van der Waals surface area (Å²) < 4.78 is 34.7. The molecule has 0 bridgehead atoms. The number of carbonyl (C=O) groups excluding carboxylic acids is 2. The average molecular weight is 407 g/mol. The Kier molecular flexibility index (Phi) is 8.48. The van der Waals surface area contributed by atoms with Gasteiger partial charge in [0.25, 0.3) is 11.7 Å². The first-order valence-corrected chi connectivity index (χ1v) is 9.26. The number of anilines is 1. The van der Waals surface area contributed by atoms with Crippen molar-refractivity contribution in [2.24, 2.45) is 0 Å². The minimum absolute atomic E-state index is 0.388. The second-order valence-corrected chi connectivity index (χ2v) is 6.46. The van der Waals surface area contributed by atoms with Crippen molar-refractivity contribution in [3.05, 3.63) is 60.2 Å². The SMILES string of the molecule is CCOc1ccc(/C=C/C(=O)OCC(=O)Nc2ccc(SC(F)F)cc2)cc1. The molecule has 5 nitrogen and oxygen atoms in total. The number of halogens is 2. The van der Waals surface area contributed by atoms with Gasteiger partial charge < -0.3 is 14.8 Å². The van der Waals surface area contributed by atoms with E-state index in [1.54, 1.807) is 30.3 Å². The van der Waals surface area contributed by atoms with Gasteiger partial charge in [0.05, 0.1) is 6.61 Å². The number of hydrogen-bond donors (Lipinski definition) is 1. The van der Waals surface area contributed by atoms with Crippen LogP contribution in [-0.2, 0) is 14.3 Å². The number of hydrogen-bond acceptors (Lipinski definition) is 5. The first-order valence-electron chi connectivity index (χ1n) is 8.38. The summed E-state index contributed by atoms with van der Waals surface area (Å²) in [7, 11) is 0. The van der Waals surface area contributed by atoms with Gasteiger partial charge in [-0.1, -0.05) is 23.9 Å². The molecular weight excluding hydrogens is 388 g/mol. The minimum atomic E-state index is -2.50. The van der Waals surface area contributed by atoms with Crippen LogP contribution in [0.1, 0.15) is 12.5 Å². The highest BCUT2D eigenvalue weighted by Gasteiger charge is 2.08. The van der Waals surface area contributed by atoms with Crippen LogP contribution in [0, 0.1) is 0 Å². The van der Waals surface area contributed by atoms with Crippen molar-refractivity contribution >= 4 is 35.4 Å². The lowest BCUT2D eigenvalue weighted by Crippen LogP contribution is -2.20. The van der Waals surface area contributed by atoms with Gasteiger partial charge in [-0.25, -0.2) is 4.79 Å². The smallest absolute Gasteiger partial charge is 0.331 e. The van der Waals surface area contributed by atoms with Crippen molar-refractivity contribution < 1.29 is 27.8 Å². The van der Waals surface area contributed by atoms with Gasteiger partial charge in [-0.2, -0.15) is 8.78 Å². The summed E-state index contributed by atoms with van der Waals surface area (Å²) in [5.41, 5.74) is 1.20. The Labute approximate surface area is 165 Å². The third kappa shape index (κ3) is 7.79. The first kappa shape index (κ1) is 21.4. The Balaban J connectivity index is 1.76. The van der Waals surface area contributed by atoms with Crippen LogP contribution in [0.2, 0.25) is 0 Å². The predicted octanol–water partition coefficient (Wildman–Crippen LogP) is 4.60. The van der Waals surface area contributed by atoms with E-state index in [4.69, 9.17) is 9.47 Å². The van der Waals surface area contributed by atoms with Gasteiger partial charge in [-0.15, -0.1) is 0 Å². The van der Waals surface area contributed by atoms with Crippen molar-refractivity contribution in [3.8, 4) is 5.75 Å². The number of ether oxygens (including phenoxy) is 2. The van der Waals surface area contributed by atoms with Gasteiger partial charge in [0, 0.05) is 16.7 Å². The van der Waals surface area contributed by atoms with Crippen LogP contribution < -0.4 is 10.1 Å². The van der Waals surface area contributed by atoms with Crippen LogP contribution in [0.5, 0.6) is 5.75 Å². The van der Waals surface area contributed by atoms with Crippen LogP contribution in [0.15, 0.2) is 59.5 Å². The van der Waals surface area contributed by atoms with Crippen molar-refractivity contribution in [1.82, 2.24) is 0 Å². The Morgan fingerprint density at radius 3 is 2.39 bits per heavy atom. The molecule has 148 valence electrons. The molecule has 2 aromatic rings. The van der Waals surface area contributed by atoms with Gasteiger partial charge in [0.1, 0.15) is 5.75 Å². The average Bonchev–Trinajstić information content (AvgIpc) is 2.67. The molecule has 1 N–H and O–H groups in total. The molecule has 0 radical (unpaired) electrons. The Bertz CT molecular complexity index is 808. The first-order chi connectivity index (χ1) is 13.5. The molecule has 0 fully saturated rings. The summed E-state index contributed by atoms with van der Waals surface area (Å²) in [5, 5.41) is 2.52. The molecule has 0 spiro atoms. The fourth-order valence-corrected chi connectivity index (χ4v) is 2.61. The number of nitrogens with one attached hydrogen (secondary N) is 1. The number of thioether (sulfide) groups is 1. The molecule has 0 aromatic heterocycles. The van der Waals surface area contributed by atoms with E-state index in [0.717, 1.165) is 11.3 Å². The van der Waals surface area contributed by atoms with Crippen LogP contribution >= 0.6 is 11.8 Å². The number of rotatable bonds is 9. The number of amides is 1. The van der Waals surface area contributed by atoms with Crippen molar-refractivity contribution in [3.63, 3.8) is 0 Å². The van der Waals surface area contributed by atoms with Crippen LogP contribution in [0.3, 0.4) is 0 Å². The van der Waals surface area contributed by atoms with E-state index in [1.165, 1.54) is 30.3 Å². The molecule has 0 atom stereocenters. The molecule has 8 heteroatoms. The molecule has 2 rings (SSSR count). The fourth-order valence-electron chi connectivity index (χ4n) is 2.11. The largest absolute Gasteiger partial charge is 0.494 e. The Hall–Kier alpha value is -2.87. The van der Waals surface area contributed by atoms with E-state index in [9.17, 15) is 18.4 Å². The molecule has 0 saturated carbocycles. The third-order valence-electron chi connectivity index (χ3n) is 3.31. The molecule has 0 saturated heterocycles. The fraction of sp³-hybridized carbons (Fsp3) is 0.200. The summed E-state index contributed by atoms with van der Waals surface area (Å²) in [4.78, 5) is 23.9. The van der Waals surface area contributed by atoms with Crippen molar-refractivity contribution in [2.45, 2.75) is 17.6 Å². The standard InChI is InChI=1S/C20H19F2NO4S/c1-2-26-16-8-3-14(4-9-16)5-12-19(25)27-13-18(24)23-15-6-10-17(11-7-15)28-20(21)22/h3-12,20H,2,13H2,1H3,(H,23,24)/b12-5+. The molecule has 0 aliphatic heterocycles.